The summed E-state index contributed by atoms with van der Waals surface area (Å²) >= 11 is 0. The molecule has 0 radical (unpaired) electrons. The van der Waals surface area contributed by atoms with Crippen LogP contribution in [0.4, 0.5) is 4.79 Å². The highest BCUT2D eigenvalue weighted by atomic mass is 16.6. The second-order valence-corrected chi connectivity index (χ2v) is 6.83. The van der Waals surface area contributed by atoms with Crippen molar-refractivity contribution in [3.8, 4) is 0 Å². The zero-order valence-electron chi connectivity index (χ0n) is 13.3. The number of amides is 1. The van der Waals surface area contributed by atoms with E-state index in [0.717, 1.165) is 19.4 Å². The van der Waals surface area contributed by atoms with E-state index >= 15 is 0 Å². The molecule has 0 aromatic heterocycles. The highest BCUT2D eigenvalue weighted by molar-refractivity contribution is 5.64. The molecule has 3 atom stereocenters. The van der Waals surface area contributed by atoms with Gasteiger partial charge in [0.25, 0.3) is 0 Å². The van der Waals surface area contributed by atoms with Gasteiger partial charge in [0, 0.05) is 6.04 Å². The summed E-state index contributed by atoms with van der Waals surface area (Å²) in [6.07, 6.45) is 14.7. The first kappa shape index (κ1) is 16.6. The molecule has 4 nitrogen and oxygen atoms in total. The van der Waals surface area contributed by atoms with Crippen LogP contribution in [-0.2, 0) is 4.74 Å². The summed E-state index contributed by atoms with van der Waals surface area (Å²) in [6.45, 7) is 1.04. The number of nitrogens with two attached hydrogens (primary N) is 1. The van der Waals surface area contributed by atoms with E-state index in [9.17, 15) is 4.79 Å². The predicted octanol–water partition coefficient (Wildman–Crippen LogP) is 3.73. The number of hydrogen-bond acceptors (Lipinski definition) is 3. The van der Waals surface area contributed by atoms with E-state index in [2.05, 4.69) is 5.32 Å². The van der Waals surface area contributed by atoms with Crippen molar-refractivity contribution in [1.82, 2.24) is 5.32 Å². The Morgan fingerprint density at radius 2 is 1.57 bits per heavy atom. The van der Waals surface area contributed by atoms with Gasteiger partial charge in [0.15, 0.2) is 0 Å². The van der Waals surface area contributed by atoms with Crippen LogP contribution < -0.4 is 11.1 Å². The van der Waals surface area contributed by atoms with Gasteiger partial charge in [0.1, 0.15) is 6.10 Å². The minimum absolute atomic E-state index is 0.0219. The molecule has 3 aliphatic rings. The third kappa shape index (κ3) is 6.25. The Labute approximate surface area is 129 Å². The molecular weight excluding hydrogens is 264 g/mol. The summed E-state index contributed by atoms with van der Waals surface area (Å²) in [4.78, 5) is 11.1. The van der Waals surface area contributed by atoms with Gasteiger partial charge in [-0.2, -0.15) is 0 Å². The fourth-order valence-electron chi connectivity index (χ4n) is 3.89. The van der Waals surface area contributed by atoms with Gasteiger partial charge < -0.3 is 15.8 Å². The number of rotatable bonds is 1. The fourth-order valence-corrected chi connectivity index (χ4v) is 3.89. The summed E-state index contributed by atoms with van der Waals surface area (Å²) < 4.78 is 5.39. The highest BCUT2D eigenvalue weighted by Gasteiger charge is 2.32. The number of fused-ring (bicyclic) bond motifs is 12. The molecular formula is C17H32N2O2. The van der Waals surface area contributed by atoms with E-state index in [1.54, 1.807) is 0 Å². The molecule has 3 rings (SSSR count). The van der Waals surface area contributed by atoms with E-state index < -0.39 is 6.09 Å². The van der Waals surface area contributed by atoms with Crippen molar-refractivity contribution >= 4 is 6.09 Å². The van der Waals surface area contributed by atoms with Crippen LogP contribution in [0.1, 0.15) is 77.0 Å². The number of primary amides is 1. The molecule has 122 valence electrons. The van der Waals surface area contributed by atoms with E-state index in [4.69, 9.17) is 10.5 Å². The van der Waals surface area contributed by atoms with Crippen molar-refractivity contribution < 1.29 is 9.53 Å². The number of hydrogen-bond donors (Lipinski definition) is 2. The maximum atomic E-state index is 11.1. The van der Waals surface area contributed by atoms with Crippen LogP contribution in [0, 0.1) is 5.92 Å². The minimum Gasteiger partial charge on any atom is -0.445 e. The minimum atomic E-state index is -0.620. The summed E-state index contributed by atoms with van der Waals surface area (Å²) in [5.41, 5.74) is 5.25. The van der Waals surface area contributed by atoms with Gasteiger partial charge in [-0.3, -0.25) is 0 Å². The standard InChI is InChI=1S/C17H32N2O2/c18-17(20)21-16-13-14-9-7-5-3-1-2-4-6-8-12-19-15(16)11-10-14/h14-16,19H,1-13H2,(H2,18,20)/t14-,15+,16+/m0/s1. The van der Waals surface area contributed by atoms with Crippen molar-refractivity contribution in [1.29, 1.82) is 0 Å². The Bertz CT molecular complexity index is 305. The third-order valence-corrected chi connectivity index (χ3v) is 5.11. The molecule has 2 aliphatic heterocycles. The molecule has 0 spiro atoms. The van der Waals surface area contributed by atoms with E-state index in [1.807, 2.05) is 0 Å². The Morgan fingerprint density at radius 1 is 0.905 bits per heavy atom. The Balaban J connectivity index is 1.89. The number of nitrogens with one attached hydrogen (secondary N) is 1. The Kier molecular flexibility index (Phi) is 7.34. The quantitative estimate of drug-likeness (QED) is 0.775. The first-order valence-electron chi connectivity index (χ1n) is 8.95. The summed E-state index contributed by atoms with van der Waals surface area (Å²) in [5, 5.41) is 3.60. The van der Waals surface area contributed by atoms with Gasteiger partial charge in [-0.05, 0) is 38.1 Å². The zero-order chi connectivity index (χ0) is 14.9. The lowest BCUT2D eigenvalue weighted by Gasteiger charge is -2.36. The van der Waals surface area contributed by atoms with Gasteiger partial charge in [-0.1, -0.05) is 51.4 Å². The molecule has 0 aromatic carbocycles. The first-order valence-corrected chi connectivity index (χ1v) is 8.95. The smallest absolute Gasteiger partial charge is 0.404 e. The zero-order valence-corrected chi connectivity index (χ0v) is 13.3. The maximum absolute atomic E-state index is 11.1. The average Bonchev–Trinajstić information content (AvgIpc) is 2.46. The van der Waals surface area contributed by atoms with Crippen LogP contribution >= 0.6 is 0 Å². The molecule has 1 saturated carbocycles. The topological polar surface area (TPSA) is 64.4 Å². The molecule has 1 amide bonds. The summed E-state index contributed by atoms with van der Waals surface area (Å²) in [7, 11) is 0. The van der Waals surface area contributed by atoms with Crippen LogP contribution in [0.15, 0.2) is 0 Å². The Hall–Kier alpha value is -0.770. The monoisotopic (exact) mass is 296 g/mol. The van der Waals surface area contributed by atoms with Gasteiger partial charge in [0.05, 0.1) is 0 Å². The van der Waals surface area contributed by atoms with Crippen LogP contribution in [-0.4, -0.2) is 24.8 Å². The van der Waals surface area contributed by atoms with Gasteiger partial charge >= 0.3 is 6.09 Å². The average molecular weight is 296 g/mol. The van der Waals surface area contributed by atoms with Crippen molar-refractivity contribution in [2.75, 3.05) is 6.54 Å². The lowest BCUT2D eigenvalue weighted by atomic mass is 9.81. The van der Waals surface area contributed by atoms with Crippen LogP contribution in [0.3, 0.4) is 0 Å². The summed E-state index contributed by atoms with van der Waals surface area (Å²) in [5.74, 6) is 0.706. The van der Waals surface area contributed by atoms with Crippen LogP contribution in [0.2, 0.25) is 0 Å². The van der Waals surface area contributed by atoms with Crippen molar-refractivity contribution in [2.45, 2.75) is 89.2 Å². The first-order chi connectivity index (χ1) is 10.3. The Morgan fingerprint density at radius 3 is 2.29 bits per heavy atom. The maximum Gasteiger partial charge on any atom is 0.404 e. The predicted molar refractivity (Wildman–Crippen MR) is 85.1 cm³/mol. The third-order valence-electron chi connectivity index (χ3n) is 5.11. The molecule has 0 unspecified atom stereocenters. The summed E-state index contributed by atoms with van der Waals surface area (Å²) in [6, 6.07) is 0.305. The lowest BCUT2D eigenvalue weighted by Crippen LogP contribution is -2.47. The molecule has 1 aliphatic carbocycles. The molecule has 4 heteroatoms. The van der Waals surface area contributed by atoms with Gasteiger partial charge in [-0.15, -0.1) is 0 Å². The normalized spacial score (nSPS) is 32.9. The van der Waals surface area contributed by atoms with Crippen LogP contribution in [0.5, 0.6) is 0 Å². The van der Waals surface area contributed by atoms with E-state index in [-0.39, 0.29) is 6.10 Å². The number of ether oxygens (including phenoxy) is 1. The molecule has 21 heavy (non-hydrogen) atoms. The van der Waals surface area contributed by atoms with Crippen molar-refractivity contribution in [2.24, 2.45) is 11.7 Å². The second-order valence-electron chi connectivity index (χ2n) is 6.83. The highest BCUT2D eigenvalue weighted by Crippen LogP contribution is 2.31. The molecule has 3 fully saturated rings. The lowest BCUT2D eigenvalue weighted by molar-refractivity contribution is 0.0390. The van der Waals surface area contributed by atoms with Crippen molar-refractivity contribution in [3.63, 3.8) is 0 Å². The molecule has 2 bridgehead atoms. The van der Waals surface area contributed by atoms with Gasteiger partial charge in [-0.25, -0.2) is 4.79 Å². The van der Waals surface area contributed by atoms with Gasteiger partial charge in [0.2, 0.25) is 0 Å². The van der Waals surface area contributed by atoms with E-state index in [1.165, 1.54) is 64.2 Å². The molecule has 3 N–H and O–H groups in total. The van der Waals surface area contributed by atoms with Crippen LogP contribution in [0.25, 0.3) is 0 Å². The SMILES string of the molecule is NC(=O)O[C@@H]1C[C@H]2CCCCCCCCCCN[C@@H]1CC2. The van der Waals surface area contributed by atoms with Crippen molar-refractivity contribution in [3.05, 3.63) is 0 Å². The largest absolute Gasteiger partial charge is 0.445 e. The number of carbonyl (C=O) groups is 1. The second kappa shape index (κ2) is 9.29. The van der Waals surface area contributed by atoms with E-state index in [0.29, 0.717) is 12.0 Å². The number of carbonyl (C=O) groups excluding carboxylic acids is 1. The molecule has 2 saturated heterocycles. The molecule has 0 aromatic rings. The fraction of sp³-hybridized carbons (Fsp3) is 0.941. The molecule has 2 heterocycles.